The Morgan fingerprint density at radius 3 is 2.69 bits per heavy atom. The lowest BCUT2D eigenvalue weighted by atomic mass is 9.92. The van der Waals surface area contributed by atoms with Gasteiger partial charge in [0.25, 0.3) is 5.91 Å². The molecular formula is C20H30N6O5S. The van der Waals surface area contributed by atoms with Crippen LogP contribution < -0.4 is 10.7 Å². The first-order valence-electron chi connectivity index (χ1n) is 11.0. The smallest absolute Gasteiger partial charge is 0.304 e. The molecule has 0 aromatic carbocycles. The summed E-state index contributed by atoms with van der Waals surface area (Å²) in [5.41, 5.74) is 2.64. The van der Waals surface area contributed by atoms with E-state index in [9.17, 15) is 19.2 Å². The fourth-order valence-electron chi connectivity index (χ4n) is 4.14. The number of aliphatic carboxylic acids is 1. The van der Waals surface area contributed by atoms with Crippen LogP contribution in [-0.4, -0.2) is 81.0 Å². The summed E-state index contributed by atoms with van der Waals surface area (Å²) in [6.07, 6.45) is 5.75. The van der Waals surface area contributed by atoms with Crippen LogP contribution in [0, 0.1) is 11.8 Å². The number of piperidine rings is 2. The minimum Gasteiger partial charge on any atom is -0.481 e. The van der Waals surface area contributed by atoms with Gasteiger partial charge < -0.3 is 15.3 Å². The maximum absolute atomic E-state index is 13.2. The van der Waals surface area contributed by atoms with Crippen molar-refractivity contribution in [3.05, 3.63) is 11.1 Å². The fraction of sp³-hybridized carbons (Fsp3) is 0.700. The summed E-state index contributed by atoms with van der Waals surface area (Å²) in [5.74, 6) is -2.06. The molecule has 1 aromatic rings. The number of carbonyl (C=O) groups is 4. The molecule has 2 fully saturated rings. The van der Waals surface area contributed by atoms with Gasteiger partial charge in [-0.05, 0) is 62.6 Å². The molecule has 0 unspecified atom stereocenters. The zero-order valence-corrected chi connectivity index (χ0v) is 18.8. The Labute approximate surface area is 190 Å². The summed E-state index contributed by atoms with van der Waals surface area (Å²) in [7, 11) is 0. The van der Waals surface area contributed by atoms with Crippen LogP contribution in [0.5, 0.6) is 0 Å². The predicted molar refractivity (Wildman–Crippen MR) is 115 cm³/mol. The SMILES string of the molecule is O=C(O)CCNN(C(=O)c1cnns1)C(=O)[C@@H]1CCCN(C(=O)CCC2CCNCC2)C1. The Kier molecular flexibility index (Phi) is 9.06. The van der Waals surface area contributed by atoms with E-state index in [0.29, 0.717) is 31.7 Å². The number of hydrogen-bond donors (Lipinski definition) is 3. The van der Waals surface area contributed by atoms with E-state index < -0.39 is 23.7 Å². The number of carboxylic acid groups (broad SMARTS) is 1. The van der Waals surface area contributed by atoms with Crippen molar-refractivity contribution in [1.29, 1.82) is 0 Å². The third kappa shape index (κ3) is 6.78. The molecule has 2 saturated heterocycles. The van der Waals surface area contributed by atoms with Crippen molar-refractivity contribution in [3.8, 4) is 0 Å². The van der Waals surface area contributed by atoms with E-state index in [-0.39, 0.29) is 30.3 Å². The monoisotopic (exact) mass is 466 g/mol. The molecular weight excluding hydrogens is 436 g/mol. The Morgan fingerprint density at radius 1 is 1.22 bits per heavy atom. The van der Waals surface area contributed by atoms with Gasteiger partial charge in [-0.2, -0.15) is 0 Å². The second kappa shape index (κ2) is 12.0. The number of hydrogen-bond acceptors (Lipinski definition) is 9. The minimum atomic E-state index is -1.04. The number of carbonyl (C=O) groups excluding carboxylic acids is 3. The topological polar surface area (TPSA) is 145 Å². The average Bonchev–Trinajstić information content (AvgIpc) is 3.35. The van der Waals surface area contributed by atoms with Gasteiger partial charge in [0.2, 0.25) is 11.8 Å². The number of aromatic nitrogens is 2. The molecule has 3 amide bonds. The number of hydrazine groups is 1. The van der Waals surface area contributed by atoms with Gasteiger partial charge in [0.15, 0.2) is 0 Å². The Morgan fingerprint density at radius 2 is 2.00 bits per heavy atom. The lowest BCUT2D eigenvalue weighted by Crippen LogP contribution is -2.53. The van der Waals surface area contributed by atoms with E-state index in [1.807, 2.05) is 0 Å². The van der Waals surface area contributed by atoms with E-state index in [1.165, 1.54) is 6.20 Å². The van der Waals surface area contributed by atoms with Gasteiger partial charge >= 0.3 is 5.97 Å². The molecule has 3 heterocycles. The standard InChI is InChI=1S/C20H30N6O5S/c27-17(4-3-14-5-8-21-9-6-14)25-11-1-2-15(13-25)19(30)26(23-10-7-18(28)29)20(31)16-12-22-24-32-16/h12,14-15,21,23H,1-11,13H2,(H,28,29)/t15-/m1/s1. The minimum absolute atomic E-state index is 0.0457. The first-order valence-corrected chi connectivity index (χ1v) is 11.8. The van der Waals surface area contributed by atoms with E-state index in [0.717, 1.165) is 48.9 Å². The fourth-order valence-corrected chi connectivity index (χ4v) is 4.59. The number of carboxylic acids is 1. The number of likely N-dealkylation sites (tertiary alicyclic amines) is 1. The summed E-state index contributed by atoms with van der Waals surface area (Å²) in [6, 6.07) is 0. The number of rotatable bonds is 9. The largest absolute Gasteiger partial charge is 0.481 e. The molecule has 0 saturated carbocycles. The van der Waals surface area contributed by atoms with Crippen LogP contribution in [0.3, 0.4) is 0 Å². The van der Waals surface area contributed by atoms with Gasteiger partial charge in [0.05, 0.1) is 18.5 Å². The molecule has 2 aliphatic rings. The quantitative estimate of drug-likeness (QED) is 0.350. The van der Waals surface area contributed by atoms with Crippen LogP contribution in [0.1, 0.15) is 54.6 Å². The number of nitrogens with zero attached hydrogens (tertiary/aromatic N) is 4. The molecule has 0 bridgehead atoms. The van der Waals surface area contributed by atoms with Gasteiger partial charge in [-0.25, -0.2) is 10.4 Å². The van der Waals surface area contributed by atoms with Crippen molar-refractivity contribution in [1.82, 2.24) is 30.2 Å². The van der Waals surface area contributed by atoms with E-state index in [1.54, 1.807) is 4.90 Å². The van der Waals surface area contributed by atoms with Crippen molar-refractivity contribution < 1.29 is 24.3 Å². The zero-order valence-electron chi connectivity index (χ0n) is 18.0. The second-order valence-electron chi connectivity index (χ2n) is 8.22. The molecule has 2 aliphatic heterocycles. The predicted octanol–water partition coefficient (Wildman–Crippen LogP) is 0.505. The van der Waals surface area contributed by atoms with Crippen LogP contribution in [-0.2, 0) is 14.4 Å². The normalized spacial score (nSPS) is 19.5. The first kappa shape index (κ1) is 24.2. The third-order valence-corrected chi connectivity index (χ3v) is 6.61. The van der Waals surface area contributed by atoms with Gasteiger partial charge in [-0.1, -0.05) is 4.49 Å². The van der Waals surface area contributed by atoms with Crippen molar-refractivity contribution >= 4 is 35.2 Å². The van der Waals surface area contributed by atoms with Crippen LogP contribution in [0.25, 0.3) is 0 Å². The van der Waals surface area contributed by atoms with E-state index >= 15 is 0 Å². The number of imide groups is 1. The van der Waals surface area contributed by atoms with Gasteiger partial charge in [-0.15, -0.1) is 5.10 Å². The highest BCUT2D eigenvalue weighted by Gasteiger charge is 2.35. The van der Waals surface area contributed by atoms with Gasteiger partial charge in [0, 0.05) is 26.1 Å². The molecule has 0 aliphatic carbocycles. The summed E-state index contributed by atoms with van der Waals surface area (Å²) >= 11 is 0.859. The maximum atomic E-state index is 13.2. The lowest BCUT2D eigenvalue weighted by molar-refractivity contribution is -0.142. The molecule has 12 heteroatoms. The van der Waals surface area contributed by atoms with Crippen LogP contribution in [0.2, 0.25) is 0 Å². The Hall–Kier alpha value is -2.44. The highest BCUT2D eigenvalue weighted by molar-refractivity contribution is 7.07. The average molecular weight is 467 g/mol. The molecule has 32 heavy (non-hydrogen) atoms. The highest BCUT2D eigenvalue weighted by atomic mass is 32.1. The molecule has 0 radical (unpaired) electrons. The molecule has 11 nitrogen and oxygen atoms in total. The summed E-state index contributed by atoms with van der Waals surface area (Å²) < 4.78 is 3.65. The van der Waals surface area contributed by atoms with Gasteiger partial charge in [0.1, 0.15) is 4.88 Å². The molecule has 3 N–H and O–H groups in total. The number of nitrogens with one attached hydrogen (secondary N) is 2. The number of amides is 3. The maximum Gasteiger partial charge on any atom is 0.304 e. The Balaban J connectivity index is 1.59. The summed E-state index contributed by atoms with van der Waals surface area (Å²) in [4.78, 5) is 51.5. The molecule has 0 spiro atoms. The highest BCUT2D eigenvalue weighted by Crippen LogP contribution is 2.23. The molecule has 3 rings (SSSR count). The van der Waals surface area contributed by atoms with E-state index in [4.69, 9.17) is 5.11 Å². The zero-order chi connectivity index (χ0) is 22.9. The third-order valence-electron chi connectivity index (χ3n) is 5.95. The van der Waals surface area contributed by atoms with Crippen LogP contribution in [0.4, 0.5) is 0 Å². The summed E-state index contributed by atoms with van der Waals surface area (Å²) in [6.45, 7) is 2.77. The van der Waals surface area contributed by atoms with E-state index in [2.05, 4.69) is 20.3 Å². The molecule has 1 aromatic heterocycles. The van der Waals surface area contributed by atoms with Gasteiger partial charge in [-0.3, -0.25) is 19.2 Å². The second-order valence-corrected chi connectivity index (χ2v) is 9.01. The molecule has 176 valence electrons. The first-order chi connectivity index (χ1) is 15.5. The molecule has 1 atom stereocenters. The van der Waals surface area contributed by atoms with Crippen molar-refractivity contribution in [2.75, 3.05) is 32.7 Å². The van der Waals surface area contributed by atoms with Crippen molar-refractivity contribution in [3.63, 3.8) is 0 Å². The van der Waals surface area contributed by atoms with Crippen molar-refractivity contribution in [2.24, 2.45) is 11.8 Å². The lowest BCUT2D eigenvalue weighted by Gasteiger charge is -2.34. The summed E-state index contributed by atoms with van der Waals surface area (Å²) in [5, 5.41) is 16.7. The van der Waals surface area contributed by atoms with Crippen LogP contribution >= 0.6 is 11.5 Å². The Bertz CT molecular complexity index is 798. The van der Waals surface area contributed by atoms with Crippen molar-refractivity contribution in [2.45, 2.75) is 44.9 Å². The van der Waals surface area contributed by atoms with Crippen LogP contribution in [0.15, 0.2) is 6.20 Å².